The Kier molecular flexibility index (Phi) is 6.42. The van der Waals surface area contributed by atoms with Gasteiger partial charge in [-0.1, -0.05) is 60.1 Å². The SMILES string of the molecule is CCN(CCc1ccccc1)C(=O)Cc1csc(-c2ccccc2Cl)n1. The highest BCUT2D eigenvalue weighted by atomic mass is 35.5. The second kappa shape index (κ2) is 8.97. The fourth-order valence-electron chi connectivity index (χ4n) is 2.78. The molecule has 1 aromatic heterocycles. The standard InChI is InChI=1S/C21H21ClN2OS/c1-2-24(13-12-16-8-4-3-5-9-16)20(25)14-17-15-26-21(23-17)18-10-6-7-11-19(18)22/h3-11,15H,2,12-14H2,1H3. The average Bonchev–Trinajstić information content (AvgIpc) is 3.11. The van der Waals surface area contributed by atoms with Crippen LogP contribution in [0.1, 0.15) is 18.2 Å². The minimum atomic E-state index is 0.111. The Bertz CT molecular complexity index is 863. The van der Waals surface area contributed by atoms with E-state index in [2.05, 4.69) is 17.1 Å². The van der Waals surface area contributed by atoms with Crippen molar-refractivity contribution >= 4 is 28.8 Å². The zero-order valence-electron chi connectivity index (χ0n) is 14.7. The molecule has 0 bridgehead atoms. The molecule has 5 heteroatoms. The van der Waals surface area contributed by atoms with Crippen molar-refractivity contribution in [3.63, 3.8) is 0 Å². The van der Waals surface area contributed by atoms with E-state index >= 15 is 0 Å². The van der Waals surface area contributed by atoms with Gasteiger partial charge in [-0.05, 0) is 25.0 Å². The third-order valence-corrected chi connectivity index (χ3v) is 5.49. The number of halogens is 1. The number of carbonyl (C=O) groups excluding carboxylic acids is 1. The van der Waals surface area contributed by atoms with Crippen molar-refractivity contribution in [3.8, 4) is 10.6 Å². The molecule has 0 aliphatic rings. The molecule has 1 heterocycles. The Morgan fingerprint density at radius 2 is 1.85 bits per heavy atom. The number of benzene rings is 2. The Balaban J connectivity index is 1.62. The Morgan fingerprint density at radius 3 is 2.58 bits per heavy atom. The molecule has 3 aromatic rings. The second-order valence-corrected chi connectivity index (χ2v) is 7.27. The molecule has 0 unspecified atom stereocenters. The van der Waals surface area contributed by atoms with Gasteiger partial charge in [0.15, 0.2) is 0 Å². The van der Waals surface area contributed by atoms with Crippen molar-refractivity contribution in [2.75, 3.05) is 13.1 Å². The highest BCUT2D eigenvalue weighted by Gasteiger charge is 2.15. The molecule has 3 rings (SSSR count). The fourth-order valence-corrected chi connectivity index (χ4v) is 3.92. The van der Waals surface area contributed by atoms with Gasteiger partial charge in [0.2, 0.25) is 5.91 Å². The van der Waals surface area contributed by atoms with E-state index in [-0.39, 0.29) is 5.91 Å². The first-order valence-corrected chi connectivity index (χ1v) is 9.94. The van der Waals surface area contributed by atoms with Crippen LogP contribution >= 0.6 is 22.9 Å². The van der Waals surface area contributed by atoms with Gasteiger partial charge in [0, 0.05) is 24.0 Å². The summed E-state index contributed by atoms with van der Waals surface area (Å²) in [4.78, 5) is 19.1. The lowest BCUT2D eigenvalue weighted by Gasteiger charge is -2.20. The van der Waals surface area contributed by atoms with Crippen molar-refractivity contribution < 1.29 is 4.79 Å². The third-order valence-electron chi connectivity index (χ3n) is 4.24. The molecule has 3 nitrogen and oxygen atoms in total. The van der Waals surface area contributed by atoms with E-state index in [0.29, 0.717) is 18.0 Å². The van der Waals surface area contributed by atoms with E-state index < -0.39 is 0 Å². The Labute approximate surface area is 163 Å². The van der Waals surface area contributed by atoms with Crippen LogP contribution in [-0.4, -0.2) is 28.9 Å². The molecule has 0 saturated carbocycles. The number of amides is 1. The topological polar surface area (TPSA) is 33.2 Å². The van der Waals surface area contributed by atoms with Gasteiger partial charge in [0.1, 0.15) is 5.01 Å². The highest BCUT2D eigenvalue weighted by molar-refractivity contribution is 7.13. The Hall–Kier alpha value is -2.17. The van der Waals surface area contributed by atoms with Crippen LogP contribution in [0.25, 0.3) is 10.6 Å². The van der Waals surface area contributed by atoms with Crippen molar-refractivity contribution in [1.82, 2.24) is 9.88 Å². The van der Waals surface area contributed by atoms with Crippen LogP contribution < -0.4 is 0 Å². The lowest BCUT2D eigenvalue weighted by atomic mass is 10.1. The molecule has 0 aliphatic carbocycles. The summed E-state index contributed by atoms with van der Waals surface area (Å²) < 4.78 is 0. The molecule has 0 radical (unpaired) electrons. The summed E-state index contributed by atoms with van der Waals surface area (Å²) in [5.41, 5.74) is 2.95. The average molecular weight is 385 g/mol. The summed E-state index contributed by atoms with van der Waals surface area (Å²) in [5, 5.41) is 3.48. The van der Waals surface area contributed by atoms with Crippen LogP contribution in [0.4, 0.5) is 0 Å². The van der Waals surface area contributed by atoms with Gasteiger partial charge in [-0.25, -0.2) is 4.98 Å². The largest absolute Gasteiger partial charge is 0.342 e. The maximum Gasteiger partial charge on any atom is 0.228 e. The van der Waals surface area contributed by atoms with Crippen molar-refractivity contribution in [3.05, 3.63) is 76.3 Å². The third kappa shape index (κ3) is 4.71. The van der Waals surface area contributed by atoms with Gasteiger partial charge in [0.05, 0.1) is 17.1 Å². The first kappa shape index (κ1) is 18.6. The minimum absolute atomic E-state index is 0.111. The molecule has 26 heavy (non-hydrogen) atoms. The summed E-state index contributed by atoms with van der Waals surface area (Å²) in [5.74, 6) is 0.111. The number of aromatic nitrogens is 1. The molecule has 1 amide bonds. The molecular formula is C21H21ClN2OS. The van der Waals surface area contributed by atoms with Crippen LogP contribution in [0.3, 0.4) is 0 Å². The van der Waals surface area contributed by atoms with Crippen LogP contribution in [0.2, 0.25) is 5.02 Å². The molecule has 0 saturated heterocycles. The van der Waals surface area contributed by atoms with E-state index in [1.54, 1.807) is 0 Å². The zero-order chi connectivity index (χ0) is 18.4. The maximum atomic E-state index is 12.6. The molecule has 0 atom stereocenters. The monoisotopic (exact) mass is 384 g/mol. The van der Waals surface area contributed by atoms with E-state index in [4.69, 9.17) is 11.6 Å². The lowest BCUT2D eigenvalue weighted by Crippen LogP contribution is -2.34. The lowest BCUT2D eigenvalue weighted by molar-refractivity contribution is -0.130. The summed E-state index contributed by atoms with van der Waals surface area (Å²) in [6.45, 7) is 3.44. The fraction of sp³-hybridized carbons (Fsp3) is 0.238. The molecule has 0 N–H and O–H groups in total. The summed E-state index contributed by atoms with van der Waals surface area (Å²) in [6, 6.07) is 17.9. The van der Waals surface area contributed by atoms with E-state index in [1.165, 1.54) is 16.9 Å². The van der Waals surface area contributed by atoms with Gasteiger partial charge in [-0.2, -0.15) is 0 Å². The molecule has 0 aliphatic heterocycles. The normalized spacial score (nSPS) is 10.7. The highest BCUT2D eigenvalue weighted by Crippen LogP contribution is 2.30. The number of nitrogens with zero attached hydrogens (tertiary/aromatic N) is 2. The van der Waals surface area contributed by atoms with Gasteiger partial charge in [0.25, 0.3) is 0 Å². The van der Waals surface area contributed by atoms with Crippen LogP contribution in [0.5, 0.6) is 0 Å². The molecule has 0 fully saturated rings. The molecule has 134 valence electrons. The predicted molar refractivity (Wildman–Crippen MR) is 109 cm³/mol. The quantitative estimate of drug-likeness (QED) is 0.568. The zero-order valence-corrected chi connectivity index (χ0v) is 16.3. The number of rotatable bonds is 7. The Morgan fingerprint density at radius 1 is 1.12 bits per heavy atom. The first-order chi connectivity index (χ1) is 12.7. The van der Waals surface area contributed by atoms with Crippen molar-refractivity contribution in [2.45, 2.75) is 19.8 Å². The summed E-state index contributed by atoms with van der Waals surface area (Å²) in [6.07, 6.45) is 1.19. The van der Waals surface area contributed by atoms with Gasteiger partial charge < -0.3 is 4.90 Å². The number of thiazole rings is 1. The van der Waals surface area contributed by atoms with E-state index in [1.807, 2.05) is 59.7 Å². The van der Waals surface area contributed by atoms with Gasteiger partial charge in [-0.15, -0.1) is 11.3 Å². The number of likely N-dealkylation sites (N-methyl/N-ethyl adjacent to an activating group) is 1. The molecule has 0 spiro atoms. The summed E-state index contributed by atoms with van der Waals surface area (Å²) in [7, 11) is 0. The van der Waals surface area contributed by atoms with Crippen LogP contribution in [-0.2, 0) is 17.6 Å². The molecule has 2 aromatic carbocycles. The maximum absolute atomic E-state index is 12.6. The van der Waals surface area contributed by atoms with E-state index in [9.17, 15) is 4.79 Å². The van der Waals surface area contributed by atoms with Crippen molar-refractivity contribution in [1.29, 1.82) is 0 Å². The van der Waals surface area contributed by atoms with Crippen LogP contribution in [0, 0.1) is 0 Å². The van der Waals surface area contributed by atoms with Gasteiger partial charge >= 0.3 is 0 Å². The number of carbonyl (C=O) groups is 1. The molecular weight excluding hydrogens is 364 g/mol. The smallest absolute Gasteiger partial charge is 0.228 e. The van der Waals surface area contributed by atoms with E-state index in [0.717, 1.165) is 29.2 Å². The predicted octanol–water partition coefficient (Wildman–Crippen LogP) is 5.10. The summed E-state index contributed by atoms with van der Waals surface area (Å²) >= 11 is 7.76. The van der Waals surface area contributed by atoms with Gasteiger partial charge in [-0.3, -0.25) is 4.79 Å². The van der Waals surface area contributed by atoms with Crippen LogP contribution in [0.15, 0.2) is 60.0 Å². The first-order valence-electron chi connectivity index (χ1n) is 8.68. The van der Waals surface area contributed by atoms with Crippen molar-refractivity contribution in [2.24, 2.45) is 0 Å². The number of hydrogen-bond acceptors (Lipinski definition) is 3. The number of hydrogen-bond donors (Lipinski definition) is 0. The minimum Gasteiger partial charge on any atom is -0.342 e. The second-order valence-electron chi connectivity index (χ2n) is 6.01.